The van der Waals surface area contributed by atoms with Crippen LogP contribution in [0.1, 0.15) is 41.6 Å². The molecule has 0 spiro atoms. The Morgan fingerprint density at radius 1 is 1.31 bits per heavy atom. The van der Waals surface area contributed by atoms with E-state index in [-0.39, 0.29) is 30.7 Å². The highest BCUT2D eigenvalue weighted by Crippen LogP contribution is 2.39. The number of carbonyl (C=O) groups is 2. The minimum atomic E-state index is -0.645. The zero-order valence-corrected chi connectivity index (χ0v) is 16.7. The zero-order valence-electron chi connectivity index (χ0n) is 16.7. The summed E-state index contributed by atoms with van der Waals surface area (Å²) in [7, 11) is 1.33. The van der Waals surface area contributed by atoms with Gasteiger partial charge in [0.15, 0.2) is 5.76 Å². The average Bonchev–Trinajstić information content (AvgIpc) is 2.75. The quantitative estimate of drug-likeness (QED) is 0.485. The monoisotopic (exact) mass is 401 g/mol. The number of hydrogen-bond acceptors (Lipinski definition) is 6. The maximum atomic E-state index is 12.4. The standard InChI is InChI=1S/C22H27NO6/c1-4-12-23-20(25)19-14-18(15-8-10-16(11-9-15)21(26)27-3)17(7-6-13-24)22(29-19)28-5-2/h1,8-11,14,17-18,22,24H,5-7,12-13H2,2-3H3,(H,23,25)/t17-,18+,22+/m1/s1. The van der Waals surface area contributed by atoms with Crippen LogP contribution in [-0.2, 0) is 19.0 Å². The molecule has 0 aromatic heterocycles. The topological polar surface area (TPSA) is 94.1 Å². The Hall–Kier alpha value is -2.82. The van der Waals surface area contributed by atoms with Crippen LogP contribution >= 0.6 is 0 Å². The number of terminal acetylenes is 1. The molecule has 0 bridgehead atoms. The van der Waals surface area contributed by atoms with Crippen molar-refractivity contribution < 1.29 is 28.9 Å². The molecule has 29 heavy (non-hydrogen) atoms. The van der Waals surface area contributed by atoms with Gasteiger partial charge in [0.25, 0.3) is 5.91 Å². The molecular formula is C22H27NO6. The van der Waals surface area contributed by atoms with E-state index in [1.54, 1.807) is 18.2 Å². The van der Waals surface area contributed by atoms with Crippen molar-refractivity contribution in [3.05, 3.63) is 47.2 Å². The molecule has 1 aliphatic rings. The minimum absolute atomic E-state index is 0.0442. The van der Waals surface area contributed by atoms with Crippen molar-refractivity contribution in [3.8, 4) is 12.3 Å². The van der Waals surface area contributed by atoms with E-state index in [1.165, 1.54) is 7.11 Å². The van der Waals surface area contributed by atoms with Crippen LogP contribution in [0.15, 0.2) is 36.1 Å². The fourth-order valence-corrected chi connectivity index (χ4v) is 3.32. The van der Waals surface area contributed by atoms with Crippen LogP contribution in [0.3, 0.4) is 0 Å². The van der Waals surface area contributed by atoms with Crippen molar-refractivity contribution in [2.45, 2.75) is 32.0 Å². The van der Waals surface area contributed by atoms with Gasteiger partial charge < -0.3 is 24.6 Å². The summed E-state index contributed by atoms with van der Waals surface area (Å²) in [6.45, 7) is 2.39. The first-order valence-corrected chi connectivity index (χ1v) is 9.56. The van der Waals surface area contributed by atoms with Crippen LogP contribution in [0.2, 0.25) is 0 Å². The highest BCUT2D eigenvalue weighted by molar-refractivity contribution is 5.92. The summed E-state index contributed by atoms with van der Waals surface area (Å²) in [5, 5.41) is 11.9. The molecule has 0 saturated heterocycles. The molecule has 0 aliphatic carbocycles. The molecule has 7 heteroatoms. The number of ether oxygens (including phenoxy) is 3. The molecule has 0 unspecified atom stereocenters. The highest BCUT2D eigenvalue weighted by atomic mass is 16.7. The Balaban J connectivity index is 2.40. The summed E-state index contributed by atoms with van der Waals surface area (Å²) < 4.78 is 16.3. The highest BCUT2D eigenvalue weighted by Gasteiger charge is 2.37. The summed E-state index contributed by atoms with van der Waals surface area (Å²) in [5.74, 6) is 1.35. The van der Waals surface area contributed by atoms with E-state index in [1.807, 2.05) is 19.1 Å². The minimum Gasteiger partial charge on any atom is -0.465 e. The van der Waals surface area contributed by atoms with Crippen molar-refractivity contribution in [1.29, 1.82) is 0 Å². The first-order valence-electron chi connectivity index (χ1n) is 9.56. The molecule has 2 N–H and O–H groups in total. The normalized spacial score (nSPS) is 20.8. The van der Waals surface area contributed by atoms with Gasteiger partial charge in [0.1, 0.15) is 0 Å². The number of aliphatic hydroxyl groups excluding tert-OH is 1. The Morgan fingerprint density at radius 3 is 2.62 bits per heavy atom. The third-order valence-electron chi connectivity index (χ3n) is 4.70. The van der Waals surface area contributed by atoms with Gasteiger partial charge in [0, 0.05) is 25.0 Å². The SMILES string of the molecule is C#CCNC(=O)C1=C[C@@H](c2ccc(C(=O)OC)cc2)[C@@H](CCCO)[C@@H](OCC)O1. The maximum Gasteiger partial charge on any atom is 0.337 e. The van der Waals surface area contributed by atoms with Gasteiger partial charge in [-0.15, -0.1) is 6.42 Å². The van der Waals surface area contributed by atoms with Crippen LogP contribution in [0.5, 0.6) is 0 Å². The van der Waals surface area contributed by atoms with Crippen LogP contribution in [-0.4, -0.2) is 50.1 Å². The number of rotatable bonds is 9. The van der Waals surface area contributed by atoms with Crippen molar-refractivity contribution in [3.63, 3.8) is 0 Å². The fourth-order valence-electron chi connectivity index (χ4n) is 3.32. The molecule has 1 aromatic rings. The number of esters is 1. The number of allylic oxidation sites excluding steroid dienone is 1. The van der Waals surface area contributed by atoms with Gasteiger partial charge in [0.2, 0.25) is 6.29 Å². The number of aliphatic hydroxyl groups is 1. The second kappa shape index (κ2) is 11.2. The van der Waals surface area contributed by atoms with Gasteiger partial charge in [-0.25, -0.2) is 4.79 Å². The Morgan fingerprint density at radius 2 is 2.03 bits per heavy atom. The number of benzene rings is 1. The molecule has 7 nitrogen and oxygen atoms in total. The number of hydrogen-bond donors (Lipinski definition) is 2. The molecule has 3 atom stereocenters. The molecule has 2 rings (SSSR count). The number of nitrogens with one attached hydrogen (secondary N) is 1. The van der Waals surface area contributed by atoms with Gasteiger partial charge in [-0.2, -0.15) is 0 Å². The van der Waals surface area contributed by atoms with Crippen molar-refractivity contribution in [2.75, 3.05) is 26.9 Å². The second-order valence-electron chi connectivity index (χ2n) is 6.53. The Kier molecular flexibility index (Phi) is 8.71. The van der Waals surface area contributed by atoms with Crippen LogP contribution in [0, 0.1) is 18.3 Å². The van der Waals surface area contributed by atoms with Gasteiger partial charge in [0.05, 0.1) is 19.2 Å². The summed E-state index contributed by atoms with van der Waals surface area (Å²) >= 11 is 0. The molecule has 0 radical (unpaired) electrons. The lowest BCUT2D eigenvalue weighted by Gasteiger charge is -2.37. The molecule has 1 heterocycles. The van der Waals surface area contributed by atoms with E-state index in [0.29, 0.717) is 25.0 Å². The van der Waals surface area contributed by atoms with E-state index in [4.69, 9.17) is 20.6 Å². The molecule has 1 amide bonds. The lowest BCUT2D eigenvalue weighted by molar-refractivity contribution is -0.166. The van der Waals surface area contributed by atoms with Crippen LogP contribution in [0.4, 0.5) is 0 Å². The molecule has 1 aromatic carbocycles. The lowest BCUT2D eigenvalue weighted by Crippen LogP contribution is -2.39. The molecule has 0 saturated carbocycles. The molecule has 1 aliphatic heterocycles. The Bertz CT molecular complexity index is 765. The fraction of sp³-hybridized carbons (Fsp3) is 0.455. The van der Waals surface area contributed by atoms with Crippen molar-refractivity contribution >= 4 is 11.9 Å². The largest absolute Gasteiger partial charge is 0.465 e. The molecular weight excluding hydrogens is 374 g/mol. The summed E-state index contributed by atoms with van der Waals surface area (Å²) in [6.07, 6.45) is 7.53. The molecule has 0 fully saturated rings. The van der Waals surface area contributed by atoms with Crippen molar-refractivity contribution in [2.24, 2.45) is 5.92 Å². The second-order valence-corrected chi connectivity index (χ2v) is 6.53. The molecule has 156 valence electrons. The van der Waals surface area contributed by atoms with Gasteiger partial charge in [-0.3, -0.25) is 4.79 Å². The third-order valence-corrected chi connectivity index (χ3v) is 4.70. The van der Waals surface area contributed by atoms with Gasteiger partial charge >= 0.3 is 5.97 Å². The third kappa shape index (κ3) is 5.83. The van der Waals surface area contributed by atoms with Gasteiger partial charge in [-0.05, 0) is 43.5 Å². The van der Waals surface area contributed by atoms with Crippen LogP contribution < -0.4 is 5.32 Å². The number of amides is 1. The lowest BCUT2D eigenvalue weighted by atomic mass is 9.80. The summed E-state index contributed by atoms with van der Waals surface area (Å²) in [5.41, 5.74) is 1.34. The van der Waals surface area contributed by atoms with E-state index < -0.39 is 18.2 Å². The smallest absolute Gasteiger partial charge is 0.337 e. The predicted molar refractivity (Wildman–Crippen MR) is 107 cm³/mol. The number of carbonyl (C=O) groups excluding carboxylic acids is 2. The van der Waals surface area contributed by atoms with E-state index in [9.17, 15) is 14.7 Å². The van der Waals surface area contributed by atoms with E-state index in [0.717, 1.165) is 5.56 Å². The average molecular weight is 401 g/mol. The first kappa shape index (κ1) is 22.5. The van der Waals surface area contributed by atoms with Crippen LogP contribution in [0.25, 0.3) is 0 Å². The first-order chi connectivity index (χ1) is 14.0. The predicted octanol–water partition coefficient (Wildman–Crippen LogP) is 1.97. The van der Waals surface area contributed by atoms with Crippen molar-refractivity contribution in [1.82, 2.24) is 5.32 Å². The maximum absolute atomic E-state index is 12.4. The Labute approximate surface area is 171 Å². The van der Waals surface area contributed by atoms with E-state index >= 15 is 0 Å². The summed E-state index contributed by atoms with van der Waals surface area (Å²) in [4.78, 5) is 24.1. The number of methoxy groups -OCH3 is 1. The van der Waals surface area contributed by atoms with Gasteiger partial charge in [-0.1, -0.05) is 18.1 Å². The zero-order chi connectivity index (χ0) is 21.2. The van der Waals surface area contributed by atoms with E-state index in [2.05, 4.69) is 11.2 Å². The summed E-state index contributed by atoms with van der Waals surface area (Å²) in [6, 6.07) is 7.01.